The van der Waals surface area contributed by atoms with Gasteiger partial charge in [-0.05, 0) is 56.9 Å². The minimum Gasteiger partial charge on any atom is -0.378 e. The van der Waals surface area contributed by atoms with Crippen LogP contribution in [0.15, 0.2) is 0 Å². The molecule has 1 aliphatic heterocycles. The van der Waals surface area contributed by atoms with Crippen molar-refractivity contribution in [2.45, 2.75) is 58.0 Å². The summed E-state index contributed by atoms with van der Waals surface area (Å²) in [5, 5.41) is 3.12. The Bertz CT molecular complexity index is 301. The van der Waals surface area contributed by atoms with E-state index in [0.29, 0.717) is 30.3 Å². The summed E-state index contributed by atoms with van der Waals surface area (Å²) in [7, 11) is 0. The number of amides is 1. The molecule has 0 aromatic rings. The fraction of sp³-hybridized carbons (Fsp3) is 0.938. The number of ether oxygens (including phenoxy) is 1. The predicted octanol–water partition coefficient (Wildman–Crippen LogP) is 2.07. The predicted molar refractivity (Wildman–Crippen MR) is 80.3 cm³/mol. The van der Waals surface area contributed by atoms with Crippen molar-refractivity contribution in [3.63, 3.8) is 0 Å². The topological polar surface area (TPSA) is 64.3 Å². The average molecular weight is 282 g/mol. The summed E-state index contributed by atoms with van der Waals surface area (Å²) in [6.07, 6.45) is 7.89. The normalized spacial score (nSPS) is 34.1. The van der Waals surface area contributed by atoms with Crippen molar-refractivity contribution in [3.8, 4) is 0 Å². The zero-order valence-electron chi connectivity index (χ0n) is 12.8. The van der Waals surface area contributed by atoms with E-state index in [4.69, 9.17) is 10.5 Å². The second kappa shape index (κ2) is 7.99. The maximum atomic E-state index is 12.0. The van der Waals surface area contributed by atoms with Gasteiger partial charge in [0.2, 0.25) is 5.91 Å². The molecular formula is C16H30N2O2. The lowest BCUT2D eigenvalue weighted by atomic mass is 9.80. The van der Waals surface area contributed by atoms with Crippen molar-refractivity contribution in [3.05, 3.63) is 0 Å². The summed E-state index contributed by atoms with van der Waals surface area (Å²) < 4.78 is 5.66. The molecule has 1 saturated heterocycles. The molecule has 20 heavy (non-hydrogen) atoms. The first kappa shape index (κ1) is 15.8. The molecule has 0 spiro atoms. The molecule has 2 fully saturated rings. The molecule has 4 nitrogen and oxygen atoms in total. The van der Waals surface area contributed by atoms with Gasteiger partial charge >= 0.3 is 0 Å². The number of carbonyl (C=O) groups excluding carboxylic acids is 1. The molecule has 2 aliphatic rings. The van der Waals surface area contributed by atoms with Gasteiger partial charge < -0.3 is 15.8 Å². The van der Waals surface area contributed by atoms with Gasteiger partial charge in [-0.3, -0.25) is 4.79 Å². The SMILES string of the molecule is CCC1OCCC1CNC(=O)CC1CCC(CN)CC1. The van der Waals surface area contributed by atoms with E-state index in [9.17, 15) is 4.79 Å². The highest BCUT2D eigenvalue weighted by Gasteiger charge is 2.27. The van der Waals surface area contributed by atoms with Gasteiger partial charge in [0.05, 0.1) is 6.10 Å². The zero-order valence-corrected chi connectivity index (χ0v) is 12.8. The van der Waals surface area contributed by atoms with Crippen LogP contribution in [0.5, 0.6) is 0 Å². The molecule has 0 bridgehead atoms. The van der Waals surface area contributed by atoms with E-state index in [1.807, 2.05) is 0 Å². The van der Waals surface area contributed by atoms with Gasteiger partial charge in [-0.2, -0.15) is 0 Å². The Kier molecular flexibility index (Phi) is 6.30. The molecular weight excluding hydrogens is 252 g/mol. The van der Waals surface area contributed by atoms with Crippen LogP contribution in [0.2, 0.25) is 0 Å². The Hall–Kier alpha value is -0.610. The molecule has 2 atom stereocenters. The van der Waals surface area contributed by atoms with E-state index in [2.05, 4.69) is 12.2 Å². The largest absolute Gasteiger partial charge is 0.378 e. The lowest BCUT2D eigenvalue weighted by molar-refractivity contribution is -0.122. The van der Waals surface area contributed by atoms with E-state index < -0.39 is 0 Å². The van der Waals surface area contributed by atoms with Gasteiger partial charge in [-0.15, -0.1) is 0 Å². The number of nitrogens with one attached hydrogen (secondary N) is 1. The Morgan fingerprint density at radius 1 is 1.20 bits per heavy atom. The van der Waals surface area contributed by atoms with Crippen molar-refractivity contribution in [1.29, 1.82) is 0 Å². The van der Waals surface area contributed by atoms with Crippen LogP contribution in [0.4, 0.5) is 0 Å². The van der Waals surface area contributed by atoms with Crippen LogP contribution >= 0.6 is 0 Å². The van der Waals surface area contributed by atoms with E-state index >= 15 is 0 Å². The summed E-state index contributed by atoms with van der Waals surface area (Å²) in [4.78, 5) is 12.0. The molecule has 1 saturated carbocycles. The van der Waals surface area contributed by atoms with Gasteiger partial charge in [-0.25, -0.2) is 0 Å². The number of hydrogen-bond donors (Lipinski definition) is 2. The highest BCUT2D eigenvalue weighted by molar-refractivity contribution is 5.76. The molecule has 1 aliphatic carbocycles. The summed E-state index contributed by atoms with van der Waals surface area (Å²) >= 11 is 0. The maximum Gasteiger partial charge on any atom is 0.220 e. The van der Waals surface area contributed by atoms with Crippen molar-refractivity contribution in [2.24, 2.45) is 23.5 Å². The van der Waals surface area contributed by atoms with Crippen LogP contribution in [0, 0.1) is 17.8 Å². The standard InChI is InChI=1S/C16H30N2O2/c1-2-15-14(7-8-20-15)11-18-16(19)9-12-3-5-13(10-17)6-4-12/h12-15H,2-11,17H2,1H3,(H,18,19). The molecule has 0 aromatic carbocycles. The molecule has 2 unspecified atom stereocenters. The molecule has 3 N–H and O–H groups in total. The van der Waals surface area contributed by atoms with Crippen molar-refractivity contribution < 1.29 is 9.53 Å². The van der Waals surface area contributed by atoms with Crippen LogP contribution in [-0.4, -0.2) is 31.7 Å². The molecule has 1 heterocycles. The molecule has 1 amide bonds. The highest BCUT2D eigenvalue weighted by atomic mass is 16.5. The van der Waals surface area contributed by atoms with Gasteiger partial charge in [0.1, 0.15) is 0 Å². The lowest BCUT2D eigenvalue weighted by Gasteiger charge is -2.27. The van der Waals surface area contributed by atoms with Gasteiger partial charge in [0.15, 0.2) is 0 Å². The number of hydrogen-bond acceptors (Lipinski definition) is 3. The summed E-state index contributed by atoms with van der Waals surface area (Å²) in [5.74, 6) is 2.00. The molecule has 2 rings (SSSR count). The van der Waals surface area contributed by atoms with E-state index in [1.165, 1.54) is 25.7 Å². The highest BCUT2D eigenvalue weighted by Crippen LogP contribution is 2.30. The fourth-order valence-electron chi connectivity index (χ4n) is 3.63. The van der Waals surface area contributed by atoms with E-state index in [-0.39, 0.29) is 5.91 Å². The lowest BCUT2D eigenvalue weighted by Crippen LogP contribution is -2.34. The quantitative estimate of drug-likeness (QED) is 0.784. The van der Waals surface area contributed by atoms with Crippen molar-refractivity contribution >= 4 is 5.91 Å². The first-order valence-electron chi connectivity index (χ1n) is 8.31. The van der Waals surface area contributed by atoms with E-state index in [1.54, 1.807) is 0 Å². The van der Waals surface area contributed by atoms with Crippen LogP contribution in [-0.2, 0) is 9.53 Å². The maximum absolute atomic E-state index is 12.0. The van der Waals surface area contributed by atoms with Crippen molar-refractivity contribution in [2.75, 3.05) is 19.7 Å². The third-order valence-electron chi connectivity index (χ3n) is 5.08. The Balaban J connectivity index is 1.63. The van der Waals surface area contributed by atoms with Gasteiger partial charge in [0.25, 0.3) is 0 Å². The fourth-order valence-corrected chi connectivity index (χ4v) is 3.63. The first-order valence-corrected chi connectivity index (χ1v) is 8.31. The molecule has 0 radical (unpaired) electrons. The molecule has 4 heteroatoms. The molecule has 0 aromatic heterocycles. The Labute approximate surface area is 122 Å². The minimum absolute atomic E-state index is 0.225. The van der Waals surface area contributed by atoms with Crippen LogP contribution < -0.4 is 11.1 Å². The van der Waals surface area contributed by atoms with Crippen LogP contribution in [0.25, 0.3) is 0 Å². The van der Waals surface area contributed by atoms with Crippen molar-refractivity contribution in [1.82, 2.24) is 5.32 Å². The summed E-state index contributed by atoms with van der Waals surface area (Å²) in [6, 6.07) is 0. The smallest absolute Gasteiger partial charge is 0.220 e. The minimum atomic E-state index is 0.225. The average Bonchev–Trinajstić information content (AvgIpc) is 2.93. The number of carbonyl (C=O) groups is 1. The third-order valence-corrected chi connectivity index (χ3v) is 5.08. The first-order chi connectivity index (χ1) is 9.72. The molecule has 116 valence electrons. The zero-order chi connectivity index (χ0) is 14.4. The van der Waals surface area contributed by atoms with Crippen LogP contribution in [0.1, 0.15) is 51.9 Å². The second-order valence-corrected chi connectivity index (χ2v) is 6.50. The number of nitrogens with two attached hydrogens (primary N) is 1. The van der Waals surface area contributed by atoms with Gasteiger partial charge in [-0.1, -0.05) is 6.92 Å². The number of rotatable bonds is 6. The van der Waals surface area contributed by atoms with E-state index in [0.717, 1.165) is 32.5 Å². The van der Waals surface area contributed by atoms with Gasteiger partial charge in [0, 0.05) is 25.5 Å². The van der Waals surface area contributed by atoms with Crippen LogP contribution in [0.3, 0.4) is 0 Å². The summed E-state index contributed by atoms with van der Waals surface area (Å²) in [5.41, 5.74) is 5.70. The second-order valence-electron chi connectivity index (χ2n) is 6.50. The Morgan fingerprint density at radius 2 is 1.90 bits per heavy atom. The Morgan fingerprint density at radius 3 is 2.55 bits per heavy atom. The summed E-state index contributed by atoms with van der Waals surface area (Å²) in [6.45, 7) is 4.59. The monoisotopic (exact) mass is 282 g/mol. The third kappa shape index (κ3) is 4.45.